The normalized spacial score (nSPS) is 13.9. The average molecular weight is 268 g/mol. The van der Waals surface area contributed by atoms with E-state index in [1.807, 2.05) is 26.0 Å². The molecule has 0 atom stereocenters. The lowest BCUT2D eigenvalue weighted by Gasteiger charge is -2.21. The van der Waals surface area contributed by atoms with Crippen LogP contribution in [-0.4, -0.2) is 24.9 Å². The number of hydrogen-bond acceptors (Lipinski definition) is 2. The Morgan fingerprint density at radius 1 is 1.50 bits per heavy atom. The van der Waals surface area contributed by atoms with E-state index < -0.39 is 0 Å². The third kappa shape index (κ3) is 2.96. The van der Waals surface area contributed by atoms with Crippen LogP contribution in [0.1, 0.15) is 29.8 Å². The predicted octanol–water partition coefficient (Wildman–Crippen LogP) is 2.62. The number of amides is 1. The van der Waals surface area contributed by atoms with Crippen molar-refractivity contribution >= 4 is 17.5 Å². The number of carbonyl (C=O) groups excluding carboxylic acids is 1. The van der Waals surface area contributed by atoms with Crippen LogP contribution in [0.2, 0.25) is 0 Å². The van der Waals surface area contributed by atoms with E-state index >= 15 is 0 Å². The Bertz CT molecular complexity index is 457. The summed E-state index contributed by atoms with van der Waals surface area (Å²) in [5.41, 5.74) is 1.71. The maximum Gasteiger partial charge on any atom is 0.251 e. The lowest BCUT2D eigenvalue weighted by Crippen LogP contribution is -2.35. The summed E-state index contributed by atoms with van der Waals surface area (Å²) >= 11 is 5.83. The minimum absolute atomic E-state index is 0.0529. The van der Waals surface area contributed by atoms with Gasteiger partial charge in [0.05, 0.1) is 6.61 Å². The molecule has 1 aromatic rings. The number of fused-ring (bicyclic) bond motifs is 1. The number of carbonyl (C=O) groups is 1. The van der Waals surface area contributed by atoms with Crippen LogP contribution >= 0.6 is 11.6 Å². The summed E-state index contributed by atoms with van der Waals surface area (Å²) in [7, 11) is 0. The third-order valence-corrected chi connectivity index (χ3v) is 3.76. The number of alkyl halides is 1. The Kier molecular flexibility index (Phi) is 3.81. The first-order valence-electron chi connectivity index (χ1n) is 6.12. The summed E-state index contributed by atoms with van der Waals surface area (Å²) in [6.45, 7) is 5.33. The number of benzene rings is 1. The molecule has 0 fully saturated rings. The highest BCUT2D eigenvalue weighted by molar-refractivity contribution is 6.18. The second kappa shape index (κ2) is 5.19. The van der Waals surface area contributed by atoms with Crippen molar-refractivity contribution in [2.24, 2.45) is 5.41 Å². The molecule has 0 bridgehead atoms. The molecule has 18 heavy (non-hydrogen) atoms. The van der Waals surface area contributed by atoms with Crippen molar-refractivity contribution in [2.45, 2.75) is 20.3 Å². The first kappa shape index (κ1) is 13.2. The van der Waals surface area contributed by atoms with Crippen molar-refractivity contribution in [1.82, 2.24) is 5.32 Å². The Balaban J connectivity index is 2.01. The van der Waals surface area contributed by atoms with Gasteiger partial charge in [0.2, 0.25) is 0 Å². The van der Waals surface area contributed by atoms with E-state index in [1.54, 1.807) is 6.07 Å². The van der Waals surface area contributed by atoms with Gasteiger partial charge in [-0.2, -0.15) is 0 Å². The molecule has 0 radical (unpaired) electrons. The molecule has 1 aliphatic rings. The van der Waals surface area contributed by atoms with Crippen molar-refractivity contribution in [3.63, 3.8) is 0 Å². The van der Waals surface area contributed by atoms with Gasteiger partial charge in [-0.05, 0) is 29.2 Å². The third-order valence-electron chi connectivity index (χ3n) is 3.04. The molecule has 0 saturated heterocycles. The van der Waals surface area contributed by atoms with Crippen LogP contribution in [0.25, 0.3) is 0 Å². The van der Waals surface area contributed by atoms with Gasteiger partial charge in [-0.15, -0.1) is 11.6 Å². The molecule has 4 heteroatoms. The standard InChI is InChI=1S/C14H18ClNO2/c1-14(2,8-15)9-16-13(17)11-3-4-12-10(7-11)5-6-18-12/h3-4,7H,5-6,8-9H2,1-2H3,(H,16,17). The van der Waals surface area contributed by atoms with Crippen LogP contribution in [0, 0.1) is 5.41 Å². The summed E-state index contributed by atoms with van der Waals surface area (Å²) in [5, 5.41) is 2.92. The van der Waals surface area contributed by atoms with E-state index in [0.29, 0.717) is 24.6 Å². The van der Waals surface area contributed by atoms with Crippen LogP contribution in [-0.2, 0) is 6.42 Å². The van der Waals surface area contributed by atoms with Gasteiger partial charge < -0.3 is 10.1 Å². The molecule has 1 amide bonds. The van der Waals surface area contributed by atoms with Gasteiger partial charge in [-0.1, -0.05) is 13.8 Å². The van der Waals surface area contributed by atoms with Crippen LogP contribution in [0.3, 0.4) is 0 Å². The van der Waals surface area contributed by atoms with Crippen molar-refractivity contribution in [3.05, 3.63) is 29.3 Å². The molecule has 0 aromatic heterocycles. The number of hydrogen-bond donors (Lipinski definition) is 1. The lowest BCUT2D eigenvalue weighted by atomic mass is 9.96. The van der Waals surface area contributed by atoms with Gasteiger partial charge >= 0.3 is 0 Å². The topological polar surface area (TPSA) is 38.3 Å². The molecule has 1 aliphatic heterocycles. The molecule has 0 spiro atoms. The largest absolute Gasteiger partial charge is 0.493 e. The Labute approximate surface area is 112 Å². The van der Waals surface area contributed by atoms with E-state index in [9.17, 15) is 4.79 Å². The molecular weight excluding hydrogens is 250 g/mol. The highest BCUT2D eigenvalue weighted by Crippen LogP contribution is 2.25. The minimum atomic E-state index is -0.0863. The van der Waals surface area contributed by atoms with Gasteiger partial charge in [0.15, 0.2) is 0 Å². The molecule has 1 heterocycles. The summed E-state index contributed by atoms with van der Waals surface area (Å²) in [6, 6.07) is 5.57. The van der Waals surface area contributed by atoms with Crippen molar-refractivity contribution in [2.75, 3.05) is 19.0 Å². The van der Waals surface area contributed by atoms with Gasteiger partial charge in [-0.25, -0.2) is 0 Å². The molecule has 0 unspecified atom stereocenters. The maximum absolute atomic E-state index is 12.0. The lowest BCUT2D eigenvalue weighted by molar-refractivity contribution is 0.0940. The van der Waals surface area contributed by atoms with Gasteiger partial charge in [-0.3, -0.25) is 4.79 Å². The first-order chi connectivity index (χ1) is 8.52. The van der Waals surface area contributed by atoms with Gasteiger partial charge in [0, 0.05) is 24.4 Å². The highest BCUT2D eigenvalue weighted by Gasteiger charge is 2.19. The van der Waals surface area contributed by atoms with Gasteiger partial charge in [0.25, 0.3) is 5.91 Å². The molecule has 3 nitrogen and oxygen atoms in total. The van der Waals surface area contributed by atoms with Crippen molar-refractivity contribution in [1.29, 1.82) is 0 Å². The van der Waals surface area contributed by atoms with E-state index in [-0.39, 0.29) is 11.3 Å². The maximum atomic E-state index is 12.0. The first-order valence-corrected chi connectivity index (χ1v) is 6.65. The molecule has 1 N–H and O–H groups in total. The zero-order valence-corrected chi connectivity index (χ0v) is 11.5. The van der Waals surface area contributed by atoms with Crippen LogP contribution in [0.15, 0.2) is 18.2 Å². The fourth-order valence-electron chi connectivity index (χ4n) is 1.80. The van der Waals surface area contributed by atoms with E-state index in [4.69, 9.17) is 16.3 Å². The number of nitrogens with one attached hydrogen (secondary N) is 1. The Hall–Kier alpha value is -1.22. The molecule has 2 rings (SSSR count). The van der Waals surface area contributed by atoms with Crippen molar-refractivity contribution in [3.8, 4) is 5.75 Å². The zero-order valence-electron chi connectivity index (χ0n) is 10.8. The fraction of sp³-hybridized carbons (Fsp3) is 0.500. The molecule has 0 saturated carbocycles. The molecular formula is C14H18ClNO2. The summed E-state index contributed by atoms with van der Waals surface area (Å²) < 4.78 is 5.42. The SMILES string of the molecule is CC(C)(CCl)CNC(=O)c1ccc2c(c1)CCO2. The second-order valence-corrected chi connectivity index (χ2v) is 5.67. The number of ether oxygens (including phenoxy) is 1. The Morgan fingerprint density at radius 2 is 2.28 bits per heavy atom. The monoisotopic (exact) mass is 267 g/mol. The summed E-state index contributed by atoms with van der Waals surface area (Å²) in [5.74, 6) is 1.36. The zero-order chi connectivity index (χ0) is 13.2. The number of halogens is 1. The van der Waals surface area contributed by atoms with Gasteiger partial charge in [0.1, 0.15) is 5.75 Å². The van der Waals surface area contributed by atoms with E-state index in [1.165, 1.54) is 0 Å². The predicted molar refractivity (Wildman–Crippen MR) is 72.5 cm³/mol. The number of rotatable bonds is 4. The smallest absolute Gasteiger partial charge is 0.251 e. The van der Waals surface area contributed by atoms with E-state index in [2.05, 4.69) is 5.32 Å². The quantitative estimate of drug-likeness (QED) is 0.852. The van der Waals surface area contributed by atoms with Crippen LogP contribution in [0.4, 0.5) is 0 Å². The Morgan fingerprint density at radius 3 is 3.00 bits per heavy atom. The second-order valence-electron chi connectivity index (χ2n) is 5.40. The molecule has 1 aromatic carbocycles. The average Bonchev–Trinajstić information content (AvgIpc) is 2.83. The summed E-state index contributed by atoms with van der Waals surface area (Å²) in [4.78, 5) is 12.0. The molecule has 0 aliphatic carbocycles. The van der Waals surface area contributed by atoms with Crippen molar-refractivity contribution < 1.29 is 9.53 Å². The fourth-order valence-corrected chi connectivity index (χ4v) is 1.89. The van der Waals surface area contributed by atoms with E-state index in [0.717, 1.165) is 17.7 Å². The van der Waals surface area contributed by atoms with Crippen LogP contribution < -0.4 is 10.1 Å². The van der Waals surface area contributed by atoms with Crippen LogP contribution in [0.5, 0.6) is 5.75 Å². The summed E-state index contributed by atoms with van der Waals surface area (Å²) in [6.07, 6.45) is 0.879. The minimum Gasteiger partial charge on any atom is -0.493 e. The molecule has 98 valence electrons. The highest BCUT2D eigenvalue weighted by atomic mass is 35.5.